The molecule has 5 aliphatic heterocycles. The summed E-state index contributed by atoms with van der Waals surface area (Å²) in [6.07, 6.45) is -23.7. The Kier molecular flexibility index (Phi) is 17.9. The van der Waals surface area contributed by atoms with Crippen LogP contribution in [-0.4, -0.2) is 250 Å². The van der Waals surface area contributed by atoms with Crippen molar-refractivity contribution in [1.29, 1.82) is 0 Å². The van der Waals surface area contributed by atoms with Gasteiger partial charge in [-0.15, -0.1) is 0 Å². The van der Waals surface area contributed by atoms with Gasteiger partial charge in [0.1, 0.15) is 97.7 Å². The summed E-state index contributed by atoms with van der Waals surface area (Å²) in [5.74, 6) is -0.225. The quantitative estimate of drug-likeness (QED) is 0.0655. The molecule has 8 fully saturated rings. The highest BCUT2D eigenvalue weighted by atomic mass is 16.8. The summed E-state index contributed by atoms with van der Waals surface area (Å²) >= 11 is 0. The van der Waals surface area contributed by atoms with Gasteiger partial charge in [-0.2, -0.15) is 0 Å². The van der Waals surface area contributed by atoms with Gasteiger partial charge in [-0.05, 0) is 91.8 Å². The molecule has 0 amide bonds. The molecule has 0 aromatic rings. The summed E-state index contributed by atoms with van der Waals surface area (Å²) in [6.45, 7) is 6.02. The van der Waals surface area contributed by atoms with E-state index in [0.717, 1.165) is 32.1 Å². The van der Waals surface area contributed by atoms with Gasteiger partial charge >= 0.3 is 0 Å². The van der Waals surface area contributed by atoms with Crippen molar-refractivity contribution in [3.8, 4) is 0 Å². The van der Waals surface area contributed by atoms with E-state index < -0.39 is 161 Å². The number of allylic oxidation sites excluding steroid dienone is 1. The number of aliphatic hydroxyl groups excluding tert-OH is 14. The molecular formula is C51H84O24. The third kappa shape index (κ3) is 10.6. The van der Waals surface area contributed by atoms with Gasteiger partial charge in [0, 0.05) is 12.3 Å². The average Bonchev–Trinajstić information content (AvgIpc) is 3.83. The van der Waals surface area contributed by atoms with E-state index >= 15 is 0 Å². The first-order valence-corrected chi connectivity index (χ1v) is 27.1. The maximum absolute atomic E-state index is 12.1. The number of hydrogen-bond donors (Lipinski definition) is 15. The maximum Gasteiger partial charge on any atom is 0.187 e. The first kappa shape index (κ1) is 58.4. The fourth-order valence-corrected chi connectivity index (χ4v) is 15.0. The third-order valence-corrected chi connectivity index (χ3v) is 19.5. The molecule has 5 saturated heterocycles. The van der Waals surface area contributed by atoms with E-state index in [1.807, 2.05) is 6.92 Å². The molecule has 9 aliphatic rings. The second-order valence-corrected chi connectivity index (χ2v) is 23.8. The molecule has 15 N–H and O–H groups in total. The first-order chi connectivity index (χ1) is 35.5. The second-order valence-electron chi connectivity index (χ2n) is 23.8. The van der Waals surface area contributed by atoms with Crippen molar-refractivity contribution in [2.45, 2.75) is 226 Å². The molecule has 31 atom stereocenters. The van der Waals surface area contributed by atoms with Gasteiger partial charge in [0.2, 0.25) is 0 Å². The van der Waals surface area contributed by atoms with Crippen molar-refractivity contribution < 1.29 is 119 Å². The monoisotopic (exact) mass is 1080 g/mol. The average molecular weight is 1080 g/mol. The second kappa shape index (κ2) is 23.0. The fraction of sp³-hybridized carbons (Fsp3) is 0.961. The first-order valence-electron chi connectivity index (χ1n) is 27.1. The Morgan fingerprint density at radius 1 is 0.613 bits per heavy atom. The number of rotatable bonds is 16. The SMILES string of the molecule is C[C@@H](CC[C@@]1(O)O[C@H]2C[C@H]3[C@@H]4CC=C5C[C@@H](O[C@@H]6O[C@H](CO)[C@H](O[C@@H]7O[C@H](CO)[C@@H](O)[C@H](O)[C@H]7O[C@@H]7O[C@H](CO)[C@H](O)[C@H](O)[C@H]7O)[C@H](O)[C@H]6O)CC[C@]5(C)[C@H]4CC[C@]3(C)[C@H]2[C@@H]1C)CO[C@@H]1O[C@H](CO)[C@@H](O)[C@H](O)[C@H]1O. The van der Waals surface area contributed by atoms with Gasteiger partial charge in [0.25, 0.3) is 0 Å². The molecule has 75 heavy (non-hydrogen) atoms. The number of hydrogen-bond acceptors (Lipinski definition) is 24. The Balaban J connectivity index is 0.798. The van der Waals surface area contributed by atoms with Crippen LogP contribution < -0.4 is 0 Å². The van der Waals surface area contributed by atoms with Crippen molar-refractivity contribution >= 4 is 0 Å². The van der Waals surface area contributed by atoms with E-state index in [4.69, 9.17) is 42.6 Å². The van der Waals surface area contributed by atoms with Gasteiger partial charge in [-0.1, -0.05) is 39.3 Å². The number of aliphatic hydroxyl groups is 15. The van der Waals surface area contributed by atoms with E-state index in [2.05, 4.69) is 26.8 Å². The summed E-state index contributed by atoms with van der Waals surface area (Å²) in [4.78, 5) is 0. The largest absolute Gasteiger partial charge is 0.394 e. The molecule has 0 radical (unpaired) electrons. The summed E-state index contributed by atoms with van der Waals surface area (Å²) in [5.41, 5.74) is 1.08. The normalized spacial score (nSPS) is 54.3. The van der Waals surface area contributed by atoms with E-state index in [9.17, 15) is 76.6 Å². The van der Waals surface area contributed by atoms with Crippen molar-refractivity contribution in [1.82, 2.24) is 0 Å². The zero-order chi connectivity index (χ0) is 54.2. The minimum Gasteiger partial charge on any atom is -0.394 e. The highest BCUT2D eigenvalue weighted by Gasteiger charge is 2.68. The minimum absolute atomic E-state index is 0.0569. The lowest BCUT2D eigenvalue weighted by Crippen LogP contribution is -2.67. The van der Waals surface area contributed by atoms with Crippen molar-refractivity contribution in [2.75, 3.05) is 33.0 Å². The Bertz CT molecular complexity index is 1930. The fourth-order valence-electron chi connectivity index (χ4n) is 15.0. The highest BCUT2D eigenvalue weighted by Crippen LogP contribution is 2.70. The van der Waals surface area contributed by atoms with Gasteiger partial charge < -0.3 is 119 Å². The molecular weight excluding hydrogens is 997 g/mol. The molecule has 0 aromatic carbocycles. The van der Waals surface area contributed by atoms with E-state index in [-0.39, 0.29) is 41.3 Å². The molecule has 0 bridgehead atoms. The Morgan fingerprint density at radius 3 is 1.79 bits per heavy atom. The zero-order valence-electron chi connectivity index (χ0n) is 43.0. The van der Waals surface area contributed by atoms with Crippen molar-refractivity contribution in [2.24, 2.45) is 46.3 Å². The van der Waals surface area contributed by atoms with Crippen LogP contribution in [0.4, 0.5) is 0 Å². The topological polar surface area (TPSA) is 387 Å². The summed E-state index contributed by atoms with van der Waals surface area (Å²) in [6, 6.07) is 0. The summed E-state index contributed by atoms with van der Waals surface area (Å²) in [5, 5.41) is 159. The standard InChI is InChI=1S/C51H84O24/c1-20(19-67-45-40(63)36(59)33(56)28(15-52)69-45)7-12-51(66)21(2)32-27(75-51)14-26-24-6-5-22-13-23(8-10-49(22,3)25(24)9-11-50(26,32)4)68-46-42(65)39(62)43(31(18-55)72-46)73-48-44(38(61)35(58)30(17-54)71-48)74-47-41(64)37(60)34(57)29(16-53)70-47/h5,20-21,23-48,52-66H,6-19H2,1-4H3/t20-,21-,23-,24+,25-,26-,27-,28+,29+,30+,31+,32-,33+,34-,35+,36-,37-,38-,39+,40+,41+,42+,43-,44+,45+,46+,47-,48-,49-,50-,51+/m0/s1. The minimum atomic E-state index is -1.92. The van der Waals surface area contributed by atoms with Crippen LogP contribution in [-0.2, 0) is 42.6 Å². The van der Waals surface area contributed by atoms with Crippen LogP contribution in [0, 0.1) is 46.3 Å². The van der Waals surface area contributed by atoms with Crippen LogP contribution in [0.2, 0.25) is 0 Å². The molecule has 3 saturated carbocycles. The molecule has 5 heterocycles. The van der Waals surface area contributed by atoms with Crippen LogP contribution in [0.1, 0.15) is 85.5 Å². The number of ether oxygens (including phenoxy) is 9. The number of fused-ring (bicyclic) bond motifs is 7. The van der Waals surface area contributed by atoms with Gasteiger partial charge in [-0.3, -0.25) is 0 Å². The maximum atomic E-state index is 12.1. The molecule has 24 heteroatoms. The summed E-state index contributed by atoms with van der Waals surface area (Å²) < 4.78 is 53.4. The van der Waals surface area contributed by atoms with Crippen molar-refractivity contribution in [3.05, 3.63) is 11.6 Å². The lowest BCUT2D eigenvalue weighted by molar-refractivity contribution is -0.390. The molecule has 4 aliphatic carbocycles. The summed E-state index contributed by atoms with van der Waals surface area (Å²) in [7, 11) is 0. The predicted molar refractivity (Wildman–Crippen MR) is 252 cm³/mol. The van der Waals surface area contributed by atoms with Crippen LogP contribution in [0.5, 0.6) is 0 Å². The van der Waals surface area contributed by atoms with Crippen LogP contribution in [0.25, 0.3) is 0 Å². The third-order valence-electron chi connectivity index (χ3n) is 19.5. The molecule has 0 aromatic heterocycles. The molecule has 9 rings (SSSR count). The zero-order valence-corrected chi connectivity index (χ0v) is 43.0. The molecule has 24 nitrogen and oxygen atoms in total. The smallest absolute Gasteiger partial charge is 0.187 e. The van der Waals surface area contributed by atoms with Crippen LogP contribution >= 0.6 is 0 Å². The highest BCUT2D eigenvalue weighted by molar-refractivity contribution is 5.26. The Labute approximate surface area is 435 Å². The van der Waals surface area contributed by atoms with Crippen molar-refractivity contribution in [3.63, 3.8) is 0 Å². The Morgan fingerprint density at radius 2 is 1.15 bits per heavy atom. The lowest BCUT2D eigenvalue weighted by atomic mass is 9.47. The van der Waals surface area contributed by atoms with Gasteiger partial charge in [-0.25, -0.2) is 0 Å². The van der Waals surface area contributed by atoms with Crippen LogP contribution in [0.15, 0.2) is 11.6 Å². The van der Waals surface area contributed by atoms with E-state index in [1.165, 1.54) is 5.57 Å². The molecule has 0 unspecified atom stereocenters. The van der Waals surface area contributed by atoms with Gasteiger partial charge in [0.15, 0.2) is 30.9 Å². The van der Waals surface area contributed by atoms with E-state index in [1.54, 1.807) is 0 Å². The molecule has 0 spiro atoms. The van der Waals surface area contributed by atoms with Gasteiger partial charge in [0.05, 0.1) is 45.2 Å². The lowest BCUT2D eigenvalue weighted by Gasteiger charge is -2.58. The van der Waals surface area contributed by atoms with E-state index in [0.29, 0.717) is 43.4 Å². The Hall–Kier alpha value is -1.22. The predicted octanol–water partition coefficient (Wildman–Crippen LogP) is -4.03. The van der Waals surface area contributed by atoms with Crippen LogP contribution in [0.3, 0.4) is 0 Å². The molecule has 432 valence electrons.